The van der Waals surface area contributed by atoms with Crippen LogP contribution in [0.3, 0.4) is 0 Å². The zero-order valence-corrected chi connectivity index (χ0v) is 24.2. The molecular formula is C35H35N5O2. The van der Waals surface area contributed by atoms with E-state index in [-0.39, 0.29) is 11.8 Å². The fourth-order valence-corrected chi connectivity index (χ4v) is 5.71. The summed E-state index contributed by atoms with van der Waals surface area (Å²) in [6, 6.07) is 27.7. The number of benzene rings is 3. The van der Waals surface area contributed by atoms with Crippen LogP contribution in [0.4, 0.5) is 11.5 Å². The first-order chi connectivity index (χ1) is 20.4. The highest BCUT2D eigenvalue weighted by atomic mass is 16.2. The van der Waals surface area contributed by atoms with Gasteiger partial charge >= 0.3 is 0 Å². The Morgan fingerprint density at radius 2 is 1.74 bits per heavy atom. The highest BCUT2D eigenvalue weighted by Gasteiger charge is 2.33. The molecule has 1 aliphatic heterocycles. The van der Waals surface area contributed by atoms with Gasteiger partial charge in [-0.2, -0.15) is 0 Å². The molecule has 5 aromatic rings. The van der Waals surface area contributed by atoms with Gasteiger partial charge in [-0.1, -0.05) is 48.5 Å². The van der Waals surface area contributed by atoms with Gasteiger partial charge < -0.3 is 20.1 Å². The van der Waals surface area contributed by atoms with Gasteiger partial charge in [0.25, 0.3) is 0 Å². The Morgan fingerprint density at radius 3 is 2.48 bits per heavy atom. The number of aryl methyl sites for hydroxylation is 1. The molecule has 0 unspecified atom stereocenters. The third-order valence-electron chi connectivity index (χ3n) is 8.02. The summed E-state index contributed by atoms with van der Waals surface area (Å²) in [5.74, 6) is 0.800. The monoisotopic (exact) mass is 557 g/mol. The van der Waals surface area contributed by atoms with Crippen LogP contribution in [0.25, 0.3) is 33.3 Å². The van der Waals surface area contributed by atoms with Crippen molar-refractivity contribution in [3.63, 3.8) is 0 Å². The molecule has 0 saturated carbocycles. The number of aromatic nitrogens is 2. The molecule has 7 heteroatoms. The number of anilines is 2. The maximum atomic E-state index is 13.2. The largest absolute Gasteiger partial charge is 0.363 e. The van der Waals surface area contributed by atoms with Crippen LogP contribution >= 0.6 is 0 Å². The fraction of sp³-hybridized carbons (Fsp3) is 0.229. The number of amides is 2. The van der Waals surface area contributed by atoms with Crippen molar-refractivity contribution >= 4 is 34.2 Å². The highest BCUT2D eigenvalue weighted by Crippen LogP contribution is 2.31. The molecule has 0 spiro atoms. The summed E-state index contributed by atoms with van der Waals surface area (Å²) in [5, 5.41) is 4.15. The van der Waals surface area contributed by atoms with Crippen molar-refractivity contribution in [3.8, 4) is 22.4 Å². The van der Waals surface area contributed by atoms with E-state index in [1.165, 1.54) is 5.56 Å². The molecule has 6 rings (SSSR count). The minimum atomic E-state index is -0.443. The molecule has 2 N–H and O–H groups in total. The predicted molar refractivity (Wildman–Crippen MR) is 170 cm³/mol. The van der Waals surface area contributed by atoms with Crippen LogP contribution in [0.15, 0.2) is 91.1 Å². The Hall–Kier alpha value is -4.91. The van der Waals surface area contributed by atoms with Crippen molar-refractivity contribution in [1.82, 2.24) is 14.9 Å². The number of carbonyl (C=O) groups is 2. The summed E-state index contributed by atoms with van der Waals surface area (Å²) in [6.45, 7) is 2.73. The van der Waals surface area contributed by atoms with Crippen molar-refractivity contribution in [2.75, 3.05) is 30.9 Å². The van der Waals surface area contributed by atoms with E-state index in [9.17, 15) is 9.59 Å². The Morgan fingerprint density at radius 1 is 0.976 bits per heavy atom. The van der Waals surface area contributed by atoms with Crippen LogP contribution < -0.4 is 10.2 Å². The van der Waals surface area contributed by atoms with Crippen molar-refractivity contribution < 1.29 is 9.59 Å². The molecule has 0 radical (unpaired) electrons. The van der Waals surface area contributed by atoms with Crippen LogP contribution in [-0.4, -0.2) is 53.4 Å². The second kappa shape index (κ2) is 11.5. The first kappa shape index (κ1) is 27.3. The minimum absolute atomic E-state index is 0.00633. The number of rotatable bonds is 7. The number of fused-ring (bicyclic) bond motifs is 1. The molecular weight excluding hydrogens is 522 g/mol. The lowest BCUT2D eigenvalue weighted by Gasteiger charge is -2.24. The van der Waals surface area contributed by atoms with Gasteiger partial charge in [0.1, 0.15) is 11.9 Å². The van der Waals surface area contributed by atoms with Gasteiger partial charge in [0.05, 0.1) is 6.42 Å². The Labute approximate surface area is 246 Å². The minimum Gasteiger partial charge on any atom is -0.363 e. The van der Waals surface area contributed by atoms with E-state index in [1.54, 1.807) is 4.90 Å². The molecule has 42 heavy (non-hydrogen) atoms. The number of H-pyrrole nitrogens is 1. The molecule has 0 bridgehead atoms. The third kappa shape index (κ3) is 5.63. The topological polar surface area (TPSA) is 81.3 Å². The Kier molecular flexibility index (Phi) is 7.48. The van der Waals surface area contributed by atoms with Gasteiger partial charge in [-0.25, -0.2) is 4.98 Å². The number of nitrogens with one attached hydrogen (secondary N) is 2. The van der Waals surface area contributed by atoms with Crippen LogP contribution in [0.2, 0.25) is 0 Å². The standard InChI is InChI=1S/C35H35N5O2/c1-23-18-33(39(2)3)36-22-29(23)26-13-16-30-27(20-26)21-31(38-30)25-11-14-28(15-12-25)37-35(42)32-10-7-17-40(32)34(41)19-24-8-5-4-6-9-24/h4-6,8-9,11-16,18,20-22,32,38H,7,10,17,19H2,1-3H3,(H,37,42)/t32-/m0/s1. The average Bonchev–Trinajstić information content (AvgIpc) is 3.66. The molecule has 0 aliphatic carbocycles. The van der Waals surface area contributed by atoms with E-state index in [0.717, 1.165) is 51.1 Å². The number of aromatic amines is 1. The Balaban J connectivity index is 1.14. The number of hydrogen-bond donors (Lipinski definition) is 2. The Bertz CT molecular complexity index is 1740. The SMILES string of the molecule is Cc1cc(N(C)C)ncc1-c1ccc2[nH]c(-c3ccc(NC(=O)[C@@H]4CCCN4C(=O)Cc4ccccc4)cc3)cc2c1. The summed E-state index contributed by atoms with van der Waals surface area (Å²) < 4.78 is 0. The smallest absolute Gasteiger partial charge is 0.247 e. The second-order valence-electron chi connectivity index (χ2n) is 11.2. The number of carbonyl (C=O) groups excluding carboxylic acids is 2. The number of hydrogen-bond acceptors (Lipinski definition) is 4. The number of pyridine rings is 1. The lowest BCUT2D eigenvalue weighted by atomic mass is 10.0. The summed E-state index contributed by atoms with van der Waals surface area (Å²) in [5.41, 5.74) is 8.20. The highest BCUT2D eigenvalue weighted by molar-refractivity contribution is 5.98. The van der Waals surface area contributed by atoms with E-state index in [2.05, 4.69) is 52.5 Å². The second-order valence-corrected chi connectivity index (χ2v) is 11.2. The molecule has 1 saturated heterocycles. The average molecular weight is 558 g/mol. The molecule has 212 valence electrons. The molecule has 1 aliphatic rings. The first-order valence-corrected chi connectivity index (χ1v) is 14.4. The normalized spacial score (nSPS) is 14.7. The van der Waals surface area contributed by atoms with Gasteiger partial charge in [0.2, 0.25) is 11.8 Å². The molecule has 7 nitrogen and oxygen atoms in total. The summed E-state index contributed by atoms with van der Waals surface area (Å²) >= 11 is 0. The van der Waals surface area contributed by atoms with Crippen LogP contribution in [0.5, 0.6) is 0 Å². The zero-order chi connectivity index (χ0) is 29.2. The van der Waals surface area contributed by atoms with Crippen LogP contribution in [0, 0.1) is 6.92 Å². The number of likely N-dealkylation sites (tertiary alicyclic amines) is 1. The zero-order valence-electron chi connectivity index (χ0n) is 24.2. The summed E-state index contributed by atoms with van der Waals surface area (Å²) in [6.07, 6.45) is 3.76. The van der Waals surface area contributed by atoms with Crippen molar-refractivity contribution in [1.29, 1.82) is 0 Å². The molecule has 3 aromatic carbocycles. The van der Waals surface area contributed by atoms with E-state index >= 15 is 0 Å². The predicted octanol–water partition coefficient (Wildman–Crippen LogP) is 6.44. The van der Waals surface area contributed by atoms with Gasteiger partial charge in [0.15, 0.2) is 0 Å². The van der Waals surface area contributed by atoms with Gasteiger partial charge in [-0.05, 0) is 78.4 Å². The van der Waals surface area contributed by atoms with Gasteiger partial charge in [-0.3, -0.25) is 9.59 Å². The molecule has 3 heterocycles. The van der Waals surface area contributed by atoms with Crippen molar-refractivity contribution in [2.45, 2.75) is 32.2 Å². The molecule has 1 atom stereocenters. The first-order valence-electron chi connectivity index (χ1n) is 14.4. The quantitative estimate of drug-likeness (QED) is 0.241. The lowest BCUT2D eigenvalue weighted by molar-refractivity contribution is -0.136. The lowest BCUT2D eigenvalue weighted by Crippen LogP contribution is -2.43. The maximum absolute atomic E-state index is 13.2. The van der Waals surface area contributed by atoms with E-state index in [4.69, 9.17) is 0 Å². The van der Waals surface area contributed by atoms with E-state index in [0.29, 0.717) is 25.1 Å². The number of nitrogens with zero attached hydrogens (tertiary/aromatic N) is 3. The summed E-state index contributed by atoms with van der Waals surface area (Å²) in [7, 11) is 3.99. The van der Waals surface area contributed by atoms with Crippen LogP contribution in [-0.2, 0) is 16.0 Å². The van der Waals surface area contributed by atoms with E-state index in [1.807, 2.05) is 79.8 Å². The molecule has 2 aromatic heterocycles. The summed E-state index contributed by atoms with van der Waals surface area (Å²) in [4.78, 5) is 38.0. The molecule has 2 amide bonds. The van der Waals surface area contributed by atoms with E-state index < -0.39 is 6.04 Å². The fourth-order valence-electron chi connectivity index (χ4n) is 5.71. The van der Waals surface area contributed by atoms with Crippen LogP contribution in [0.1, 0.15) is 24.0 Å². The maximum Gasteiger partial charge on any atom is 0.247 e. The molecule has 1 fully saturated rings. The third-order valence-corrected chi connectivity index (χ3v) is 8.02. The van der Waals surface area contributed by atoms with Crippen molar-refractivity contribution in [2.24, 2.45) is 0 Å². The van der Waals surface area contributed by atoms with Gasteiger partial charge in [0, 0.05) is 54.7 Å². The van der Waals surface area contributed by atoms with Gasteiger partial charge in [-0.15, -0.1) is 0 Å². The van der Waals surface area contributed by atoms with Crippen molar-refractivity contribution in [3.05, 3.63) is 102 Å².